The summed E-state index contributed by atoms with van der Waals surface area (Å²) in [5.41, 5.74) is 1.57. The number of allylic oxidation sites excluding steroid dienone is 2. The van der Waals surface area contributed by atoms with Crippen molar-refractivity contribution in [3.05, 3.63) is 82.6 Å². The van der Waals surface area contributed by atoms with Crippen molar-refractivity contribution >= 4 is 11.7 Å². The molecule has 0 amide bonds. The van der Waals surface area contributed by atoms with E-state index in [9.17, 15) is 18.8 Å². The zero-order chi connectivity index (χ0) is 19.8. The summed E-state index contributed by atoms with van der Waals surface area (Å²) >= 11 is 0. The molecule has 2 aromatic rings. The molecule has 3 atom stereocenters. The molecular formula is C22H16F2N2O2. The van der Waals surface area contributed by atoms with Gasteiger partial charge < -0.3 is 4.74 Å². The molecule has 2 aliphatic rings. The standard InChI is InChI=1S/C22H16F2N2O2/c23-16-7-6-13(8-17(16)24)20-15(11-25)22(26)28-19-10-14(9-18(27)21(19)20)12-4-2-1-3-5-12/h1-8,14-15,20,26H,9-10H2. The van der Waals surface area contributed by atoms with Gasteiger partial charge in [-0.05, 0) is 29.2 Å². The number of hydrogen-bond acceptors (Lipinski definition) is 4. The topological polar surface area (TPSA) is 73.9 Å². The maximum atomic E-state index is 13.8. The second-order valence-electron chi connectivity index (χ2n) is 7.00. The number of benzene rings is 2. The number of carbonyl (C=O) groups is 1. The van der Waals surface area contributed by atoms with Gasteiger partial charge in [-0.1, -0.05) is 36.4 Å². The molecule has 1 N–H and O–H groups in total. The van der Waals surface area contributed by atoms with Crippen LogP contribution in [0.15, 0.2) is 59.9 Å². The maximum absolute atomic E-state index is 13.8. The molecule has 4 nitrogen and oxygen atoms in total. The molecule has 140 valence electrons. The molecule has 3 unspecified atom stereocenters. The molecule has 0 saturated carbocycles. The van der Waals surface area contributed by atoms with Crippen LogP contribution in [0.3, 0.4) is 0 Å². The minimum atomic E-state index is -1.07. The fraction of sp³-hybridized carbons (Fsp3) is 0.227. The molecule has 0 spiro atoms. The number of rotatable bonds is 2. The lowest BCUT2D eigenvalue weighted by atomic mass is 9.71. The number of carbonyl (C=O) groups excluding carboxylic acids is 1. The quantitative estimate of drug-likeness (QED) is 0.830. The first-order valence-corrected chi connectivity index (χ1v) is 8.91. The Kier molecular flexibility index (Phi) is 4.52. The van der Waals surface area contributed by atoms with E-state index in [1.165, 1.54) is 6.07 Å². The minimum Gasteiger partial charge on any atom is -0.446 e. The predicted molar refractivity (Wildman–Crippen MR) is 97.5 cm³/mol. The second kappa shape index (κ2) is 7.01. The summed E-state index contributed by atoms with van der Waals surface area (Å²) in [6, 6.07) is 14.8. The van der Waals surface area contributed by atoms with Crippen LogP contribution in [0, 0.1) is 34.3 Å². The summed E-state index contributed by atoms with van der Waals surface area (Å²) in [7, 11) is 0. The zero-order valence-corrected chi connectivity index (χ0v) is 14.8. The summed E-state index contributed by atoms with van der Waals surface area (Å²) < 4.78 is 32.8. The summed E-state index contributed by atoms with van der Waals surface area (Å²) in [6.45, 7) is 0. The molecule has 6 heteroatoms. The number of Topliss-reactive ketones (excluding diaryl/α,β-unsaturated/α-hetero) is 1. The van der Waals surface area contributed by atoms with Crippen LogP contribution >= 0.6 is 0 Å². The number of nitrogens with one attached hydrogen (secondary N) is 1. The Morgan fingerprint density at radius 1 is 1.04 bits per heavy atom. The third-order valence-corrected chi connectivity index (χ3v) is 5.34. The lowest BCUT2D eigenvalue weighted by molar-refractivity contribution is -0.117. The summed E-state index contributed by atoms with van der Waals surface area (Å²) in [5.74, 6) is -4.20. The van der Waals surface area contributed by atoms with Crippen molar-refractivity contribution < 1.29 is 18.3 Å². The molecule has 1 aliphatic heterocycles. The van der Waals surface area contributed by atoms with E-state index in [4.69, 9.17) is 10.1 Å². The van der Waals surface area contributed by atoms with E-state index in [0.717, 1.165) is 17.7 Å². The number of ether oxygens (including phenoxy) is 1. The first-order valence-electron chi connectivity index (χ1n) is 8.91. The van der Waals surface area contributed by atoms with Crippen molar-refractivity contribution in [2.75, 3.05) is 0 Å². The highest BCUT2D eigenvalue weighted by atomic mass is 19.2. The third kappa shape index (κ3) is 2.99. The lowest BCUT2D eigenvalue weighted by Gasteiger charge is -2.36. The van der Waals surface area contributed by atoms with E-state index in [-0.39, 0.29) is 29.6 Å². The van der Waals surface area contributed by atoms with Crippen molar-refractivity contribution in [3.63, 3.8) is 0 Å². The van der Waals surface area contributed by atoms with Crippen molar-refractivity contribution in [2.24, 2.45) is 5.92 Å². The van der Waals surface area contributed by atoms with Gasteiger partial charge in [-0.3, -0.25) is 10.2 Å². The van der Waals surface area contributed by atoms with Crippen LogP contribution in [-0.2, 0) is 9.53 Å². The van der Waals surface area contributed by atoms with Gasteiger partial charge in [-0.2, -0.15) is 5.26 Å². The van der Waals surface area contributed by atoms with E-state index >= 15 is 0 Å². The Morgan fingerprint density at radius 3 is 2.46 bits per heavy atom. The fourth-order valence-electron chi connectivity index (χ4n) is 4.01. The van der Waals surface area contributed by atoms with E-state index in [0.29, 0.717) is 17.8 Å². The van der Waals surface area contributed by atoms with Gasteiger partial charge in [0, 0.05) is 24.3 Å². The van der Waals surface area contributed by atoms with Gasteiger partial charge in [-0.25, -0.2) is 8.78 Å². The van der Waals surface area contributed by atoms with Crippen LogP contribution in [0.4, 0.5) is 8.78 Å². The number of hydrogen-bond donors (Lipinski definition) is 1. The molecule has 28 heavy (non-hydrogen) atoms. The highest BCUT2D eigenvalue weighted by Gasteiger charge is 2.44. The van der Waals surface area contributed by atoms with Crippen LogP contribution in [0.25, 0.3) is 0 Å². The van der Waals surface area contributed by atoms with Gasteiger partial charge >= 0.3 is 0 Å². The van der Waals surface area contributed by atoms with E-state index in [1.807, 2.05) is 36.4 Å². The Balaban J connectivity index is 1.80. The summed E-state index contributed by atoms with van der Waals surface area (Å²) in [4.78, 5) is 13.0. The predicted octanol–water partition coefficient (Wildman–Crippen LogP) is 4.60. The minimum absolute atomic E-state index is 0.0931. The molecule has 0 aromatic heterocycles. The van der Waals surface area contributed by atoms with Crippen molar-refractivity contribution in [1.82, 2.24) is 0 Å². The number of ketones is 1. The van der Waals surface area contributed by atoms with Gasteiger partial charge in [0.25, 0.3) is 0 Å². The summed E-state index contributed by atoms with van der Waals surface area (Å²) in [6.07, 6.45) is 0.643. The molecule has 0 fully saturated rings. The summed E-state index contributed by atoms with van der Waals surface area (Å²) in [5, 5.41) is 17.7. The van der Waals surface area contributed by atoms with Crippen molar-refractivity contribution in [2.45, 2.75) is 24.7 Å². The highest BCUT2D eigenvalue weighted by Crippen LogP contribution is 2.46. The van der Waals surface area contributed by atoms with Crippen LogP contribution in [0.2, 0.25) is 0 Å². The van der Waals surface area contributed by atoms with Gasteiger partial charge in [0.2, 0.25) is 5.90 Å². The van der Waals surface area contributed by atoms with Gasteiger partial charge in [0.1, 0.15) is 11.7 Å². The normalized spacial score (nSPS) is 24.4. The smallest absolute Gasteiger partial charge is 0.205 e. The van der Waals surface area contributed by atoms with E-state index in [2.05, 4.69) is 0 Å². The molecule has 2 aromatic carbocycles. The molecule has 0 saturated heterocycles. The molecule has 1 aliphatic carbocycles. The number of halogens is 2. The van der Waals surface area contributed by atoms with Crippen molar-refractivity contribution in [1.29, 1.82) is 10.7 Å². The average molecular weight is 378 g/mol. The third-order valence-electron chi connectivity index (χ3n) is 5.34. The Hall–Kier alpha value is -3.33. The average Bonchev–Trinajstić information content (AvgIpc) is 2.69. The molecule has 0 radical (unpaired) electrons. The van der Waals surface area contributed by atoms with Crippen LogP contribution in [-0.4, -0.2) is 11.7 Å². The monoisotopic (exact) mass is 378 g/mol. The largest absolute Gasteiger partial charge is 0.446 e. The SMILES string of the molecule is N#CC1C(=N)OC2=C(C(=O)CC(c3ccccc3)C2)C1c1ccc(F)c(F)c1. The van der Waals surface area contributed by atoms with Crippen LogP contribution in [0.1, 0.15) is 35.8 Å². The van der Waals surface area contributed by atoms with Gasteiger partial charge in [0.05, 0.1) is 6.07 Å². The molecule has 0 bridgehead atoms. The fourth-order valence-corrected chi connectivity index (χ4v) is 4.01. The first-order chi connectivity index (χ1) is 13.5. The number of nitrogens with zero attached hydrogens (tertiary/aromatic N) is 1. The first kappa shape index (κ1) is 18.1. The second-order valence-corrected chi connectivity index (χ2v) is 7.00. The molecular weight excluding hydrogens is 362 g/mol. The maximum Gasteiger partial charge on any atom is 0.205 e. The molecule has 4 rings (SSSR count). The lowest BCUT2D eigenvalue weighted by Crippen LogP contribution is -2.36. The zero-order valence-electron chi connectivity index (χ0n) is 14.8. The molecule has 1 heterocycles. The Labute approximate surface area is 160 Å². The number of nitriles is 1. The Bertz CT molecular complexity index is 1040. The van der Waals surface area contributed by atoms with Crippen LogP contribution < -0.4 is 0 Å². The van der Waals surface area contributed by atoms with E-state index in [1.54, 1.807) is 0 Å². The van der Waals surface area contributed by atoms with E-state index < -0.39 is 23.5 Å². The van der Waals surface area contributed by atoms with Gasteiger partial charge in [-0.15, -0.1) is 0 Å². The van der Waals surface area contributed by atoms with Crippen LogP contribution in [0.5, 0.6) is 0 Å². The van der Waals surface area contributed by atoms with Gasteiger partial charge in [0.15, 0.2) is 17.4 Å². The highest BCUT2D eigenvalue weighted by molar-refractivity contribution is 6.02. The van der Waals surface area contributed by atoms with Crippen molar-refractivity contribution in [3.8, 4) is 6.07 Å². The Morgan fingerprint density at radius 2 is 1.79 bits per heavy atom.